The van der Waals surface area contributed by atoms with Crippen molar-refractivity contribution in [2.75, 3.05) is 32.1 Å². The minimum absolute atomic E-state index is 0.222. The molecule has 3 nitrogen and oxygen atoms in total. The Kier molecular flexibility index (Phi) is 5.84. The van der Waals surface area contributed by atoms with Crippen molar-refractivity contribution in [3.63, 3.8) is 0 Å². The molecule has 3 heteroatoms. The Balaban J connectivity index is 2.57. The van der Waals surface area contributed by atoms with E-state index in [1.807, 2.05) is 33.0 Å². The lowest BCUT2D eigenvalue weighted by atomic mass is 10.2. The summed E-state index contributed by atoms with van der Waals surface area (Å²) in [6.45, 7) is 6.19. The van der Waals surface area contributed by atoms with E-state index in [1.54, 1.807) is 0 Å². The van der Waals surface area contributed by atoms with Crippen LogP contribution in [0.15, 0.2) is 24.3 Å². The molecule has 1 N–H and O–H groups in total. The molecule has 0 radical (unpaired) electrons. The van der Waals surface area contributed by atoms with Gasteiger partial charge in [0.05, 0.1) is 6.10 Å². The van der Waals surface area contributed by atoms with Gasteiger partial charge in [0.15, 0.2) is 0 Å². The van der Waals surface area contributed by atoms with Gasteiger partial charge >= 0.3 is 0 Å². The molecule has 1 rings (SSSR count). The average molecular weight is 236 g/mol. The van der Waals surface area contributed by atoms with Crippen LogP contribution in [0.3, 0.4) is 0 Å². The van der Waals surface area contributed by atoms with Gasteiger partial charge in [-0.3, -0.25) is 0 Å². The third-order valence-corrected chi connectivity index (χ3v) is 2.55. The van der Waals surface area contributed by atoms with E-state index in [1.165, 1.54) is 5.69 Å². The first-order chi connectivity index (χ1) is 8.13. The fourth-order valence-corrected chi connectivity index (χ4v) is 1.69. The number of rotatable bonds is 7. The molecule has 17 heavy (non-hydrogen) atoms. The Morgan fingerprint density at radius 1 is 1.35 bits per heavy atom. The third-order valence-electron chi connectivity index (χ3n) is 2.55. The van der Waals surface area contributed by atoms with E-state index < -0.39 is 0 Å². The quantitative estimate of drug-likeness (QED) is 0.736. The monoisotopic (exact) mass is 236 g/mol. The lowest BCUT2D eigenvalue weighted by Crippen LogP contribution is -2.22. The molecule has 0 atom stereocenters. The van der Waals surface area contributed by atoms with Crippen molar-refractivity contribution < 1.29 is 4.74 Å². The zero-order valence-corrected chi connectivity index (χ0v) is 11.4. The summed E-state index contributed by atoms with van der Waals surface area (Å²) >= 11 is 0. The van der Waals surface area contributed by atoms with Crippen LogP contribution >= 0.6 is 0 Å². The Bertz CT molecular complexity index is 326. The van der Waals surface area contributed by atoms with Crippen molar-refractivity contribution >= 4 is 5.69 Å². The van der Waals surface area contributed by atoms with Crippen LogP contribution in [0, 0.1) is 0 Å². The molecular weight excluding hydrogens is 212 g/mol. The summed E-state index contributed by atoms with van der Waals surface area (Å²) in [5.74, 6) is 0.943. The smallest absolute Gasteiger partial charge is 0.121 e. The molecule has 0 aromatic heterocycles. The number of hydrogen-bond acceptors (Lipinski definition) is 3. The van der Waals surface area contributed by atoms with Crippen LogP contribution in [0.4, 0.5) is 5.69 Å². The highest BCUT2D eigenvalue weighted by atomic mass is 16.5. The Morgan fingerprint density at radius 2 is 2.12 bits per heavy atom. The van der Waals surface area contributed by atoms with Crippen molar-refractivity contribution in [2.24, 2.45) is 0 Å². The fraction of sp³-hybridized carbons (Fsp3) is 0.571. The normalized spacial score (nSPS) is 10.6. The van der Waals surface area contributed by atoms with Crippen LogP contribution in [0.1, 0.15) is 20.3 Å². The fourth-order valence-electron chi connectivity index (χ4n) is 1.69. The van der Waals surface area contributed by atoms with Crippen LogP contribution in [0.25, 0.3) is 0 Å². The van der Waals surface area contributed by atoms with Crippen molar-refractivity contribution in [1.29, 1.82) is 0 Å². The van der Waals surface area contributed by atoms with E-state index in [4.69, 9.17) is 4.74 Å². The summed E-state index contributed by atoms with van der Waals surface area (Å²) in [6.07, 6.45) is 1.36. The van der Waals surface area contributed by atoms with E-state index in [-0.39, 0.29) is 6.10 Å². The van der Waals surface area contributed by atoms with Crippen LogP contribution < -0.4 is 15.0 Å². The van der Waals surface area contributed by atoms with Gasteiger partial charge < -0.3 is 15.0 Å². The summed E-state index contributed by atoms with van der Waals surface area (Å²) in [7, 11) is 4.10. The summed E-state index contributed by atoms with van der Waals surface area (Å²) in [5, 5.41) is 3.16. The molecular formula is C14H24N2O. The van der Waals surface area contributed by atoms with E-state index in [2.05, 4.69) is 29.4 Å². The molecule has 0 unspecified atom stereocenters. The maximum atomic E-state index is 5.69. The minimum Gasteiger partial charge on any atom is -0.491 e. The molecule has 0 amide bonds. The largest absolute Gasteiger partial charge is 0.491 e. The van der Waals surface area contributed by atoms with E-state index >= 15 is 0 Å². The summed E-state index contributed by atoms with van der Waals surface area (Å²) in [6, 6.07) is 8.26. The van der Waals surface area contributed by atoms with Crippen molar-refractivity contribution in [3.8, 4) is 5.75 Å². The highest BCUT2D eigenvalue weighted by Crippen LogP contribution is 2.21. The second-order valence-electron chi connectivity index (χ2n) is 4.54. The molecule has 1 aromatic rings. The van der Waals surface area contributed by atoms with Gasteiger partial charge in [-0.05, 0) is 46.0 Å². The first kappa shape index (κ1) is 13.8. The number of nitrogens with zero attached hydrogens (tertiary/aromatic N) is 1. The number of hydrogen-bond donors (Lipinski definition) is 1. The predicted molar refractivity (Wildman–Crippen MR) is 74.0 cm³/mol. The van der Waals surface area contributed by atoms with Gasteiger partial charge in [-0.15, -0.1) is 0 Å². The van der Waals surface area contributed by atoms with Gasteiger partial charge in [-0.1, -0.05) is 6.07 Å². The summed E-state index contributed by atoms with van der Waals surface area (Å²) in [4.78, 5) is 2.25. The highest BCUT2D eigenvalue weighted by Gasteiger charge is 2.03. The minimum atomic E-state index is 0.222. The predicted octanol–water partition coefficient (Wildman–Crippen LogP) is 2.52. The van der Waals surface area contributed by atoms with Crippen molar-refractivity contribution in [1.82, 2.24) is 5.32 Å². The maximum Gasteiger partial charge on any atom is 0.121 e. The standard InChI is InChI=1S/C14H24N2O/c1-12(2)17-14-8-5-7-13(11-14)16(4)10-6-9-15-3/h5,7-8,11-12,15H,6,9-10H2,1-4H3. The number of nitrogens with one attached hydrogen (secondary N) is 1. The molecule has 1 aromatic carbocycles. The van der Waals surface area contributed by atoms with Gasteiger partial charge in [0.25, 0.3) is 0 Å². The molecule has 0 spiro atoms. The highest BCUT2D eigenvalue weighted by molar-refractivity contribution is 5.50. The Morgan fingerprint density at radius 3 is 2.76 bits per heavy atom. The second kappa shape index (κ2) is 7.17. The molecule has 0 heterocycles. The van der Waals surface area contributed by atoms with E-state index in [0.29, 0.717) is 0 Å². The maximum absolute atomic E-state index is 5.69. The third kappa shape index (κ3) is 5.09. The number of benzene rings is 1. The Labute approximate surface area is 105 Å². The molecule has 0 aliphatic rings. The average Bonchev–Trinajstić information content (AvgIpc) is 2.28. The number of anilines is 1. The van der Waals surface area contributed by atoms with E-state index in [0.717, 1.165) is 25.3 Å². The van der Waals surface area contributed by atoms with Crippen molar-refractivity contribution in [2.45, 2.75) is 26.4 Å². The van der Waals surface area contributed by atoms with Gasteiger partial charge in [0.1, 0.15) is 5.75 Å². The summed E-state index contributed by atoms with van der Waals surface area (Å²) in [5.41, 5.74) is 1.21. The van der Waals surface area contributed by atoms with Crippen LogP contribution in [-0.2, 0) is 0 Å². The molecule has 0 bridgehead atoms. The topological polar surface area (TPSA) is 24.5 Å². The van der Waals surface area contributed by atoms with Crippen LogP contribution in [0.2, 0.25) is 0 Å². The molecule has 0 aliphatic heterocycles. The van der Waals surface area contributed by atoms with Gasteiger partial charge in [0, 0.05) is 25.3 Å². The van der Waals surface area contributed by atoms with E-state index in [9.17, 15) is 0 Å². The van der Waals surface area contributed by atoms with Crippen molar-refractivity contribution in [3.05, 3.63) is 24.3 Å². The number of ether oxygens (including phenoxy) is 1. The molecule has 0 fully saturated rings. The zero-order chi connectivity index (χ0) is 12.7. The molecule has 0 aliphatic carbocycles. The van der Waals surface area contributed by atoms with Gasteiger partial charge in [-0.2, -0.15) is 0 Å². The van der Waals surface area contributed by atoms with Crippen LogP contribution in [0.5, 0.6) is 5.75 Å². The summed E-state index contributed by atoms with van der Waals surface area (Å²) < 4.78 is 5.69. The molecule has 0 saturated heterocycles. The zero-order valence-electron chi connectivity index (χ0n) is 11.4. The SMILES string of the molecule is CNCCCN(C)c1cccc(OC(C)C)c1. The lowest BCUT2D eigenvalue weighted by molar-refractivity contribution is 0.242. The second-order valence-corrected chi connectivity index (χ2v) is 4.54. The van der Waals surface area contributed by atoms with Gasteiger partial charge in [0.2, 0.25) is 0 Å². The van der Waals surface area contributed by atoms with Crippen LogP contribution in [-0.4, -0.2) is 33.3 Å². The molecule has 96 valence electrons. The first-order valence-electron chi connectivity index (χ1n) is 6.26. The molecule has 0 saturated carbocycles. The Hall–Kier alpha value is -1.22. The lowest BCUT2D eigenvalue weighted by Gasteiger charge is -2.20. The van der Waals surface area contributed by atoms with Gasteiger partial charge in [-0.25, -0.2) is 0 Å². The first-order valence-corrected chi connectivity index (χ1v) is 6.26.